The van der Waals surface area contributed by atoms with Crippen LogP contribution in [-0.4, -0.2) is 19.0 Å². The summed E-state index contributed by atoms with van der Waals surface area (Å²) in [5.41, 5.74) is 5.82. The summed E-state index contributed by atoms with van der Waals surface area (Å²) >= 11 is 0. The molecule has 0 aliphatic carbocycles. The van der Waals surface area contributed by atoms with Crippen molar-refractivity contribution in [2.45, 2.75) is 40.0 Å². The van der Waals surface area contributed by atoms with Gasteiger partial charge in [0.15, 0.2) is 0 Å². The molecule has 0 aliphatic heterocycles. The Kier molecular flexibility index (Phi) is 7.06. The van der Waals surface area contributed by atoms with Gasteiger partial charge in [-0.2, -0.15) is 0 Å². The largest absolute Gasteiger partial charge is 0.353 e. The van der Waals surface area contributed by atoms with Crippen molar-refractivity contribution in [3.05, 3.63) is 12.7 Å². The lowest BCUT2D eigenvalue weighted by Crippen LogP contribution is -2.27. The van der Waals surface area contributed by atoms with Gasteiger partial charge in [-0.25, -0.2) is 0 Å². The van der Waals surface area contributed by atoms with Gasteiger partial charge in [0.25, 0.3) is 0 Å². The zero-order chi connectivity index (χ0) is 12.6. The smallest absolute Gasteiger partial charge is 0.220 e. The molecule has 3 heteroatoms. The van der Waals surface area contributed by atoms with E-state index in [0.717, 1.165) is 12.8 Å². The zero-order valence-corrected chi connectivity index (χ0v) is 10.9. The molecule has 0 aromatic heterocycles. The molecular formula is C13H26N2O. The van der Waals surface area contributed by atoms with E-state index in [1.165, 1.54) is 0 Å². The lowest BCUT2D eigenvalue weighted by molar-refractivity contribution is -0.121. The number of nitrogens with one attached hydrogen (secondary N) is 1. The number of carbonyl (C=O) groups excluding carboxylic acids is 1. The van der Waals surface area contributed by atoms with E-state index in [0.29, 0.717) is 25.4 Å². The molecule has 0 rings (SSSR count). The predicted octanol–water partition coefficient (Wildman–Crippen LogP) is 2.08. The molecular weight excluding hydrogens is 200 g/mol. The van der Waals surface area contributed by atoms with Crippen molar-refractivity contribution in [1.82, 2.24) is 5.32 Å². The molecule has 0 aliphatic rings. The van der Waals surface area contributed by atoms with Crippen molar-refractivity contribution in [1.29, 1.82) is 0 Å². The number of hydrogen-bond donors (Lipinski definition) is 2. The molecule has 1 amide bonds. The fraction of sp³-hybridized carbons (Fsp3) is 0.769. The molecule has 1 unspecified atom stereocenters. The standard InChI is InChI=1S/C13H26N2O/c1-5-10-15-12(16)7-6-11(8-9-14)13(2,3)4/h5,11H,1,6-10,14H2,2-4H3,(H,15,16). The zero-order valence-electron chi connectivity index (χ0n) is 10.9. The number of nitrogens with two attached hydrogens (primary N) is 1. The molecule has 0 aromatic carbocycles. The Morgan fingerprint density at radius 2 is 2.06 bits per heavy atom. The van der Waals surface area contributed by atoms with E-state index in [-0.39, 0.29) is 11.3 Å². The first-order valence-electron chi connectivity index (χ1n) is 5.99. The van der Waals surface area contributed by atoms with E-state index in [4.69, 9.17) is 5.73 Å². The molecule has 0 fully saturated rings. The molecule has 1 atom stereocenters. The van der Waals surface area contributed by atoms with Crippen LogP contribution in [0.25, 0.3) is 0 Å². The highest BCUT2D eigenvalue weighted by molar-refractivity contribution is 5.75. The van der Waals surface area contributed by atoms with Crippen molar-refractivity contribution in [3.8, 4) is 0 Å². The number of carbonyl (C=O) groups is 1. The molecule has 0 bridgehead atoms. The minimum absolute atomic E-state index is 0.103. The summed E-state index contributed by atoms with van der Waals surface area (Å²) in [6.07, 6.45) is 4.16. The molecule has 94 valence electrons. The van der Waals surface area contributed by atoms with E-state index >= 15 is 0 Å². The molecule has 0 aromatic rings. The molecule has 0 heterocycles. The maximum Gasteiger partial charge on any atom is 0.220 e. The average Bonchev–Trinajstić information content (AvgIpc) is 2.19. The summed E-state index contributed by atoms with van der Waals surface area (Å²) in [5, 5.41) is 2.79. The van der Waals surface area contributed by atoms with Crippen molar-refractivity contribution >= 4 is 5.91 Å². The topological polar surface area (TPSA) is 55.1 Å². The SMILES string of the molecule is C=CCNC(=O)CCC(CCN)C(C)(C)C. The molecule has 16 heavy (non-hydrogen) atoms. The number of amides is 1. The van der Waals surface area contributed by atoms with Crippen LogP contribution in [0.1, 0.15) is 40.0 Å². The van der Waals surface area contributed by atoms with Gasteiger partial charge in [0.05, 0.1) is 0 Å². The second-order valence-corrected chi connectivity index (χ2v) is 5.27. The summed E-state index contributed by atoms with van der Waals surface area (Å²) in [5.74, 6) is 0.609. The average molecular weight is 226 g/mol. The van der Waals surface area contributed by atoms with E-state index in [9.17, 15) is 4.79 Å². The van der Waals surface area contributed by atoms with Crippen molar-refractivity contribution in [2.75, 3.05) is 13.1 Å². The first-order chi connectivity index (χ1) is 7.41. The second-order valence-electron chi connectivity index (χ2n) is 5.27. The van der Waals surface area contributed by atoms with Crippen molar-refractivity contribution in [3.63, 3.8) is 0 Å². The van der Waals surface area contributed by atoms with Crippen LogP contribution >= 0.6 is 0 Å². The van der Waals surface area contributed by atoms with Crippen LogP contribution < -0.4 is 11.1 Å². The quantitative estimate of drug-likeness (QED) is 0.653. The van der Waals surface area contributed by atoms with Crippen LogP contribution in [0.4, 0.5) is 0 Å². The third-order valence-corrected chi connectivity index (χ3v) is 2.90. The third-order valence-electron chi connectivity index (χ3n) is 2.90. The Morgan fingerprint density at radius 1 is 1.44 bits per heavy atom. The minimum Gasteiger partial charge on any atom is -0.353 e. The first-order valence-corrected chi connectivity index (χ1v) is 5.99. The van der Waals surface area contributed by atoms with E-state index in [1.54, 1.807) is 6.08 Å². The lowest BCUT2D eigenvalue weighted by Gasteiger charge is -2.30. The second kappa shape index (κ2) is 7.44. The molecule has 0 saturated heterocycles. The number of hydrogen-bond acceptors (Lipinski definition) is 2. The van der Waals surface area contributed by atoms with E-state index in [1.807, 2.05) is 0 Å². The summed E-state index contributed by atoms with van der Waals surface area (Å²) in [6, 6.07) is 0. The van der Waals surface area contributed by atoms with Gasteiger partial charge < -0.3 is 11.1 Å². The van der Waals surface area contributed by atoms with Gasteiger partial charge in [-0.05, 0) is 30.7 Å². The van der Waals surface area contributed by atoms with Crippen LogP contribution in [0.3, 0.4) is 0 Å². The van der Waals surface area contributed by atoms with E-state index < -0.39 is 0 Å². The Bertz CT molecular complexity index is 218. The Labute approximate surface area is 99.5 Å². The highest BCUT2D eigenvalue weighted by Gasteiger charge is 2.24. The first kappa shape index (κ1) is 15.2. The fourth-order valence-corrected chi connectivity index (χ4v) is 1.79. The maximum absolute atomic E-state index is 11.4. The molecule has 0 saturated carbocycles. The van der Waals surface area contributed by atoms with Gasteiger partial charge in [-0.15, -0.1) is 6.58 Å². The van der Waals surface area contributed by atoms with Crippen LogP contribution in [-0.2, 0) is 4.79 Å². The van der Waals surface area contributed by atoms with Crippen LogP contribution in [0.15, 0.2) is 12.7 Å². The van der Waals surface area contributed by atoms with Gasteiger partial charge in [0, 0.05) is 13.0 Å². The van der Waals surface area contributed by atoms with E-state index in [2.05, 4.69) is 32.7 Å². The van der Waals surface area contributed by atoms with Gasteiger partial charge in [-0.3, -0.25) is 4.79 Å². The summed E-state index contributed by atoms with van der Waals surface area (Å²) in [7, 11) is 0. The van der Waals surface area contributed by atoms with Gasteiger partial charge >= 0.3 is 0 Å². The van der Waals surface area contributed by atoms with Crippen LogP contribution in [0.5, 0.6) is 0 Å². The van der Waals surface area contributed by atoms with Gasteiger partial charge in [0.1, 0.15) is 0 Å². The molecule has 0 spiro atoms. The third kappa shape index (κ3) is 6.62. The highest BCUT2D eigenvalue weighted by Crippen LogP contribution is 2.31. The van der Waals surface area contributed by atoms with Gasteiger partial charge in [-0.1, -0.05) is 26.8 Å². The monoisotopic (exact) mass is 226 g/mol. The molecule has 3 N–H and O–H groups in total. The number of rotatable bonds is 7. The Morgan fingerprint density at radius 3 is 2.50 bits per heavy atom. The summed E-state index contributed by atoms with van der Waals surface area (Å²) in [4.78, 5) is 11.4. The molecule has 0 radical (unpaired) electrons. The highest BCUT2D eigenvalue weighted by atomic mass is 16.1. The summed E-state index contributed by atoms with van der Waals surface area (Å²) < 4.78 is 0. The van der Waals surface area contributed by atoms with Crippen LogP contribution in [0, 0.1) is 11.3 Å². The Hall–Kier alpha value is -0.830. The molecule has 3 nitrogen and oxygen atoms in total. The van der Waals surface area contributed by atoms with Crippen molar-refractivity contribution in [2.24, 2.45) is 17.1 Å². The van der Waals surface area contributed by atoms with Crippen LogP contribution in [0.2, 0.25) is 0 Å². The van der Waals surface area contributed by atoms with Crippen molar-refractivity contribution < 1.29 is 4.79 Å². The fourth-order valence-electron chi connectivity index (χ4n) is 1.79. The Balaban J connectivity index is 4.02. The minimum atomic E-state index is 0.103. The summed E-state index contributed by atoms with van der Waals surface area (Å²) in [6.45, 7) is 11.4. The lowest BCUT2D eigenvalue weighted by atomic mass is 9.76. The maximum atomic E-state index is 11.4. The predicted molar refractivity (Wildman–Crippen MR) is 69.1 cm³/mol. The normalized spacial score (nSPS) is 13.2. The van der Waals surface area contributed by atoms with Gasteiger partial charge in [0.2, 0.25) is 5.91 Å².